The molecule has 142 heavy (non-hydrogen) atoms. The maximum Gasteiger partial charge on any atom is 0.0726 e. The van der Waals surface area contributed by atoms with Crippen LogP contribution in [0, 0.1) is 0 Å². The first kappa shape index (κ1) is 80.3. The minimum atomic E-state index is -0.445. The van der Waals surface area contributed by atoms with E-state index >= 15 is 0 Å². The molecule has 4 aliphatic rings. The van der Waals surface area contributed by atoms with Crippen molar-refractivity contribution in [3.05, 3.63) is 525 Å². The second-order valence-corrected chi connectivity index (χ2v) is 40.4. The summed E-state index contributed by atoms with van der Waals surface area (Å²) in [6.07, 6.45) is 0. The Balaban J connectivity index is 0.488. The lowest BCUT2D eigenvalue weighted by Crippen LogP contribution is -2.25. The molecule has 0 amide bonds. The van der Waals surface area contributed by atoms with E-state index < -0.39 is 5.41 Å². The van der Waals surface area contributed by atoms with E-state index in [0.29, 0.717) is 0 Å². The molecule has 5 heterocycles. The fourth-order valence-corrected chi connectivity index (χ4v) is 26.2. The summed E-state index contributed by atoms with van der Waals surface area (Å²) < 4.78 is 10.0. The van der Waals surface area contributed by atoms with Crippen molar-refractivity contribution < 1.29 is 0 Å². The SMILES string of the molecule is CC1(C)c2ccccc2-c2cc3c4c(-c5ccc(-c6ccc(-n7c8ccccc8c8ccc9c(c87)-c7ccccc7C97c8ccccc8-c8ccccc87)cc6)cc5)cccc4n(-c4cccc(-c5ccc6c(c5)c5ccc(-c7ccc(N8c9ccccc9Sc9cc%10c(cc98)c8ccccc8n%10-c8ccc(-c9cc(-c%10ccccc%10)cc(-c%10ccccc%10)c9)cc8)cc7)cc5n6-c5ccccc5)c4)c3cc21. The molecule has 0 fully saturated rings. The first-order valence-electron chi connectivity index (χ1n) is 49.3. The van der Waals surface area contributed by atoms with Crippen LogP contribution < -0.4 is 4.90 Å². The lowest BCUT2D eigenvalue weighted by Gasteiger charge is -2.33. The third-order valence-corrected chi connectivity index (χ3v) is 32.7. The van der Waals surface area contributed by atoms with Gasteiger partial charge in [-0.05, 0) is 291 Å². The van der Waals surface area contributed by atoms with Gasteiger partial charge in [0.15, 0.2) is 0 Å². The third kappa shape index (κ3) is 11.8. The van der Waals surface area contributed by atoms with E-state index in [1.54, 1.807) is 0 Å². The summed E-state index contributed by atoms with van der Waals surface area (Å²) in [4.78, 5) is 4.89. The summed E-state index contributed by atoms with van der Waals surface area (Å²) >= 11 is 1.85. The van der Waals surface area contributed by atoms with Gasteiger partial charge in [0.1, 0.15) is 0 Å². The molecule has 0 bridgehead atoms. The Bertz CT molecular complexity index is 9720. The molecule has 1 spiro atoms. The number of hydrogen-bond acceptors (Lipinski definition) is 2. The molecule has 0 N–H and O–H groups in total. The molecular weight excluding hydrogens is 1740 g/mol. The highest BCUT2D eigenvalue weighted by atomic mass is 32.2. The number of aromatic nitrogens is 4. The highest BCUT2D eigenvalue weighted by molar-refractivity contribution is 7.99. The van der Waals surface area contributed by atoms with E-state index in [1.807, 2.05) is 11.8 Å². The molecule has 5 nitrogen and oxygen atoms in total. The molecule has 0 saturated carbocycles. The van der Waals surface area contributed by atoms with Crippen LogP contribution >= 0.6 is 11.8 Å². The summed E-state index contributed by atoms with van der Waals surface area (Å²) in [6.45, 7) is 4.80. The summed E-state index contributed by atoms with van der Waals surface area (Å²) in [5.41, 5.74) is 49.1. The predicted octanol–water partition coefficient (Wildman–Crippen LogP) is 36.3. The second-order valence-electron chi connectivity index (χ2n) is 39.3. The molecule has 30 rings (SSSR count). The van der Waals surface area contributed by atoms with Crippen LogP contribution in [-0.2, 0) is 10.8 Å². The molecule has 662 valence electrons. The molecule has 0 atom stereocenters. The van der Waals surface area contributed by atoms with Gasteiger partial charge in [0.05, 0.1) is 60.9 Å². The Morgan fingerprint density at radius 3 is 1.27 bits per heavy atom. The Hall–Kier alpha value is -17.8. The van der Waals surface area contributed by atoms with Gasteiger partial charge in [0.25, 0.3) is 0 Å². The summed E-state index contributed by atoms with van der Waals surface area (Å²) in [7, 11) is 0. The fourth-order valence-electron chi connectivity index (χ4n) is 25.2. The molecule has 6 heteroatoms. The smallest absolute Gasteiger partial charge is 0.0726 e. The van der Waals surface area contributed by atoms with Gasteiger partial charge in [-0.1, -0.05) is 365 Å². The number of para-hydroxylation sites is 4. The van der Waals surface area contributed by atoms with Gasteiger partial charge >= 0.3 is 0 Å². The van der Waals surface area contributed by atoms with Crippen molar-refractivity contribution in [1.82, 2.24) is 18.3 Å². The third-order valence-electron chi connectivity index (χ3n) is 31.5. The minimum Gasteiger partial charge on any atom is -0.309 e. The van der Waals surface area contributed by atoms with Crippen molar-refractivity contribution in [2.45, 2.75) is 34.5 Å². The van der Waals surface area contributed by atoms with Crippen molar-refractivity contribution in [2.75, 3.05) is 4.90 Å². The average Bonchev–Trinajstić information content (AvgIpc) is 1.49. The van der Waals surface area contributed by atoms with Gasteiger partial charge in [0.2, 0.25) is 0 Å². The molecule has 0 unspecified atom stereocenters. The first-order valence-corrected chi connectivity index (χ1v) is 50.1. The molecule has 0 radical (unpaired) electrons. The van der Waals surface area contributed by atoms with Crippen LogP contribution in [0.4, 0.5) is 17.1 Å². The van der Waals surface area contributed by atoms with Gasteiger partial charge in [-0.3, -0.25) is 0 Å². The largest absolute Gasteiger partial charge is 0.309 e. The van der Waals surface area contributed by atoms with E-state index in [0.717, 1.165) is 67.4 Å². The molecular formula is C136H87N5S. The topological polar surface area (TPSA) is 23.0 Å². The lowest BCUT2D eigenvalue weighted by atomic mass is 9.70. The average molecular weight is 1820 g/mol. The Kier molecular flexibility index (Phi) is 17.4. The van der Waals surface area contributed by atoms with E-state index in [2.05, 4.69) is 528 Å². The lowest BCUT2D eigenvalue weighted by molar-refractivity contribution is 0.661. The monoisotopic (exact) mass is 1820 g/mol. The standard InChI is InChI=1S/C136H87N5S/c1-135(2)115-43-18-12-38-105(115)111-80-114-127(82-120(111)135)140(125-50-27-42-102(132(114)125)90-54-52-86(53-55-90)87-56-68-100(69-57-87)141-122-48-23-16-39-106(122)109-71-72-119-133(134(109)141)110-41-15-21-46-118(110)136(119)116-44-19-13-36-103(116)104-37-14-20-45-117(104)136)101-35-26-32-91(77-101)92-63-73-123-112(78-92)108-70-62-93(79-126(108)137(123)97-33-10-5-11-34-97)88-58-64-99(65-59-88)139-124-49-24-25-51-130(124)142-131-83-128-113(81-129(131)139)107-40-17-22-47-121(107)138(128)98-66-60-89(61-67-98)96-75-94(84-28-6-3-7-29-84)74-95(76-96)85-30-8-4-9-31-85/h3-83H,1-2H3. The highest BCUT2D eigenvalue weighted by Crippen LogP contribution is 2.65. The van der Waals surface area contributed by atoms with Crippen molar-refractivity contribution in [3.63, 3.8) is 0 Å². The number of nitrogens with zero attached hydrogens (tertiary/aromatic N) is 5. The van der Waals surface area contributed by atoms with Crippen LogP contribution in [0.3, 0.4) is 0 Å². The summed E-state index contributed by atoms with van der Waals surface area (Å²) in [6, 6.07) is 185. The van der Waals surface area contributed by atoms with Crippen molar-refractivity contribution in [3.8, 4) is 134 Å². The maximum atomic E-state index is 2.55. The van der Waals surface area contributed by atoms with Crippen LogP contribution in [0.15, 0.2) is 501 Å². The number of benzene rings is 22. The molecule has 0 saturated heterocycles. The van der Waals surface area contributed by atoms with E-state index in [1.165, 1.54) is 214 Å². The van der Waals surface area contributed by atoms with Crippen LogP contribution in [0.1, 0.15) is 47.2 Å². The summed E-state index contributed by atoms with van der Waals surface area (Å²) in [5, 5.41) is 9.80. The predicted molar refractivity (Wildman–Crippen MR) is 595 cm³/mol. The van der Waals surface area contributed by atoms with Crippen LogP contribution in [0.5, 0.6) is 0 Å². The zero-order valence-electron chi connectivity index (χ0n) is 77.9. The number of hydrogen-bond donors (Lipinski definition) is 0. The Morgan fingerprint density at radius 1 is 0.183 bits per heavy atom. The Labute approximate surface area is 826 Å². The second kappa shape index (κ2) is 30.8. The fraction of sp³-hybridized carbons (Fsp3) is 0.0294. The molecule has 26 aromatic rings. The van der Waals surface area contributed by atoms with Gasteiger partial charge in [-0.2, -0.15) is 0 Å². The number of rotatable bonds is 12. The quantitative estimate of drug-likeness (QED) is 0.122. The van der Waals surface area contributed by atoms with Crippen molar-refractivity contribution in [1.29, 1.82) is 0 Å². The van der Waals surface area contributed by atoms with Crippen molar-refractivity contribution in [2.24, 2.45) is 0 Å². The van der Waals surface area contributed by atoms with E-state index in [4.69, 9.17) is 0 Å². The molecule has 1 aliphatic heterocycles. The first-order chi connectivity index (χ1) is 70.2. The molecule has 3 aliphatic carbocycles. The van der Waals surface area contributed by atoms with Gasteiger partial charge < -0.3 is 23.2 Å². The normalized spacial score (nSPS) is 13.4. The Morgan fingerprint density at radius 2 is 0.599 bits per heavy atom. The zero-order chi connectivity index (χ0) is 93.3. The van der Waals surface area contributed by atoms with E-state index in [-0.39, 0.29) is 5.41 Å². The van der Waals surface area contributed by atoms with Gasteiger partial charge in [-0.15, -0.1) is 0 Å². The zero-order valence-corrected chi connectivity index (χ0v) is 78.7. The maximum absolute atomic E-state index is 2.55. The number of anilines is 3. The highest BCUT2D eigenvalue weighted by Gasteiger charge is 2.53. The van der Waals surface area contributed by atoms with Gasteiger partial charge in [-0.25, -0.2) is 0 Å². The summed E-state index contributed by atoms with van der Waals surface area (Å²) in [5.74, 6) is 0. The molecule has 4 aromatic heterocycles. The van der Waals surface area contributed by atoms with Gasteiger partial charge in [0, 0.05) is 92.3 Å². The molecule has 22 aromatic carbocycles. The van der Waals surface area contributed by atoms with Crippen LogP contribution in [0.25, 0.3) is 221 Å². The van der Waals surface area contributed by atoms with Crippen LogP contribution in [-0.4, -0.2) is 18.3 Å². The van der Waals surface area contributed by atoms with Crippen molar-refractivity contribution >= 4 is 116 Å². The van der Waals surface area contributed by atoms with Crippen LogP contribution in [0.2, 0.25) is 0 Å². The van der Waals surface area contributed by atoms with E-state index in [9.17, 15) is 0 Å². The number of fused-ring (bicyclic) bond motifs is 28. The minimum absolute atomic E-state index is 0.214.